The molecular weight excluding hydrogens is 150 g/mol. The van der Waals surface area contributed by atoms with Crippen LogP contribution in [0, 0.1) is 5.92 Å². The van der Waals surface area contributed by atoms with E-state index in [1.165, 1.54) is 0 Å². The lowest BCUT2D eigenvalue weighted by atomic mass is 9.94. The minimum absolute atomic E-state index is 0.411. The summed E-state index contributed by atoms with van der Waals surface area (Å²) in [5.74, 6) is -3.62. The Balaban J connectivity index is 4.24. The van der Waals surface area contributed by atoms with Gasteiger partial charge in [-0.05, 0) is 12.8 Å². The summed E-state index contributed by atoms with van der Waals surface area (Å²) in [6, 6.07) is 0. The third-order valence-corrected chi connectivity index (χ3v) is 1.97. The van der Waals surface area contributed by atoms with Crippen LogP contribution in [0.25, 0.3) is 0 Å². The van der Waals surface area contributed by atoms with E-state index in [0.29, 0.717) is 12.8 Å². The zero-order chi connectivity index (χ0) is 9.07. The summed E-state index contributed by atoms with van der Waals surface area (Å²) < 4.78 is 25.9. The molecule has 0 heterocycles. The second-order valence-corrected chi connectivity index (χ2v) is 2.71. The van der Waals surface area contributed by atoms with E-state index in [0.717, 1.165) is 0 Å². The SMILES string of the molecule is CCC(CC)C(F)(F)C(N)N. The molecule has 4 N–H and O–H groups in total. The van der Waals surface area contributed by atoms with Crippen molar-refractivity contribution in [3.05, 3.63) is 0 Å². The average molecular weight is 166 g/mol. The van der Waals surface area contributed by atoms with Crippen LogP contribution in [0.15, 0.2) is 0 Å². The maximum Gasteiger partial charge on any atom is 0.278 e. The van der Waals surface area contributed by atoms with Crippen LogP contribution < -0.4 is 11.5 Å². The standard InChI is InChI=1S/C7H16F2N2/c1-3-5(4-2)7(8,9)6(10)11/h5-6H,3-4,10-11H2,1-2H3. The van der Waals surface area contributed by atoms with Crippen molar-refractivity contribution in [2.75, 3.05) is 0 Å². The van der Waals surface area contributed by atoms with Crippen molar-refractivity contribution in [2.24, 2.45) is 17.4 Å². The van der Waals surface area contributed by atoms with Gasteiger partial charge in [0.05, 0.1) is 0 Å². The van der Waals surface area contributed by atoms with E-state index >= 15 is 0 Å². The quantitative estimate of drug-likeness (QED) is 0.618. The molecule has 0 unspecified atom stereocenters. The summed E-state index contributed by atoms with van der Waals surface area (Å²) in [6.07, 6.45) is -0.713. The van der Waals surface area contributed by atoms with Crippen LogP contribution in [0.5, 0.6) is 0 Å². The number of nitrogens with two attached hydrogens (primary N) is 2. The maximum absolute atomic E-state index is 13.0. The van der Waals surface area contributed by atoms with E-state index in [2.05, 4.69) is 0 Å². The molecule has 0 aromatic carbocycles. The zero-order valence-electron chi connectivity index (χ0n) is 6.98. The Bertz CT molecular complexity index is 111. The first-order chi connectivity index (χ1) is 4.96. The predicted octanol–water partition coefficient (Wildman–Crippen LogP) is 1.30. The molecule has 0 bridgehead atoms. The molecule has 0 amide bonds. The van der Waals surface area contributed by atoms with Gasteiger partial charge in [0.25, 0.3) is 5.92 Å². The highest BCUT2D eigenvalue weighted by molar-refractivity contribution is 4.81. The summed E-state index contributed by atoms with van der Waals surface area (Å²) in [6.45, 7) is 3.43. The Hall–Kier alpha value is -0.220. The van der Waals surface area contributed by atoms with Gasteiger partial charge in [-0.2, -0.15) is 0 Å². The van der Waals surface area contributed by atoms with Crippen LogP contribution in [0.4, 0.5) is 8.78 Å². The predicted molar refractivity (Wildman–Crippen MR) is 41.2 cm³/mol. The molecule has 0 saturated carbocycles. The molecule has 68 valence electrons. The third kappa shape index (κ3) is 2.38. The molecule has 0 spiro atoms. The Morgan fingerprint density at radius 3 is 1.64 bits per heavy atom. The first kappa shape index (κ1) is 10.8. The first-order valence-corrected chi connectivity index (χ1v) is 3.85. The van der Waals surface area contributed by atoms with Crippen LogP contribution >= 0.6 is 0 Å². The molecule has 0 aliphatic carbocycles. The van der Waals surface area contributed by atoms with Crippen LogP contribution in [0.2, 0.25) is 0 Å². The van der Waals surface area contributed by atoms with Crippen LogP contribution in [-0.2, 0) is 0 Å². The fourth-order valence-corrected chi connectivity index (χ4v) is 1.11. The highest BCUT2D eigenvalue weighted by atomic mass is 19.3. The van der Waals surface area contributed by atoms with Crippen molar-refractivity contribution in [1.82, 2.24) is 0 Å². The number of hydrogen-bond donors (Lipinski definition) is 2. The van der Waals surface area contributed by atoms with E-state index in [-0.39, 0.29) is 0 Å². The molecule has 0 fully saturated rings. The summed E-state index contributed by atoms with van der Waals surface area (Å²) in [5, 5.41) is 0. The Labute approximate surface area is 65.9 Å². The lowest BCUT2D eigenvalue weighted by Gasteiger charge is -2.27. The van der Waals surface area contributed by atoms with E-state index in [9.17, 15) is 8.78 Å². The molecule has 4 heteroatoms. The lowest BCUT2D eigenvalue weighted by molar-refractivity contribution is -0.0809. The Morgan fingerprint density at radius 2 is 1.55 bits per heavy atom. The Morgan fingerprint density at radius 1 is 1.18 bits per heavy atom. The minimum atomic E-state index is -2.93. The minimum Gasteiger partial charge on any atom is -0.311 e. The summed E-state index contributed by atoms with van der Waals surface area (Å²) in [4.78, 5) is 0. The molecule has 2 nitrogen and oxygen atoms in total. The zero-order valence-corrected chi connectivity index (χ0v) is 6.98. The number of halogens is 2. The van der Waals surface area contributed by atoms with Crippen LogP contribution in [0.3, 0.4) is 0 Å². The average Bonchev–Trinajstić information content (AvgIpc) is 1.89. The van der Waals surface area contributed by atoms with E-state index < -0.39 is 18.0 Å². The van der Waals surface area contributed by atoms with Gasteiger partial charge in [0.15, 0.2) is 0 Å². The molecule has 0 aromatic rings. The molecule has 0 aromatic heterocycles. The molecular formula is C7H16F2N2. The molecule has 0 saturated heterocycles. The summed E-state index contributed by atoms with van der Waals surface area (Å²) in [5.41, 5.74) is 9.90. The monoisotopic (exact) mass is 166 g/mol. The second kappa shape index (κ2) is 3.97. The summed E-state index contributed by atoms with van der Waals surface area (Å²) in [7, 11) is 0. The second-order valence-electron chi connectivity index (χ2n) is 2.71. The van der Waals surface area contributed by atoms with Gasteiger partial charge < -0.3 is 11.5 Å². The first-order valence-electron chi connectivity index (χ1n) is 3.85. The van der Waals surface area contributed by atoms with Gasteiger partial charge >= 0.3 is 0 Å². The van der Waals surface area contributed by atoms with E-state index in [1.54, 1.807) is 13.8 Å². The van der Waals surface area contributed by atoms with Gasteiger partial charge in [0, 0.05) is 5.92 Å². The maximum atomic E-state index is 13.0. The molecule has 0 rings (SSSR count). The normalized spacial score (nSPS) is 13.1. The smallest absolute Gasteiger partial charge is 0.278 e. The van der Waals surface area contributed by atoms with Crippen molar-refractivity contribution in [3.8, 4) is 0 Å². The highest BCUT2D eigenvalue weighted by Crippen LogP contribution is 2.30. The lowest BCUT2D eigenvalue weighted by Crippen LogP contribution is -2.52. The van der Waals surface area contributed by atoms with Gasteiger partial charge in [-0.1, -0.05) is 13.8 Å². The number of rotatable bonds is 4. The van der Waals surface area contributed by atoms with E-state index in [1.807, 2.05) is 0 Å². The number of alkyl halides is 2. The van der Waals surface area contributed by atoms with Crippen molar-refractivity contribution < 1.29 is 8.78 Å². The molecule has 0 radical (unpaired) electrons. The summed E-state index contributed by atoms with van der Waals surface area (Å²) >= 11 is 0. The Kier molecular flexibility index (Phi) is 3.89. The van der Waals surface area contributed by atoms with Crippen molar-refractivity contribution in [2.45, 2.75) is 38.8 Å². The number of hydrogen-bond acceptors (Lipinski definition) is 2. The van der Waals surface area contributed by atoms with Crippen molar-refractivity contribution >= 4 is 0 Å². The molecule has 0 aliphatic heterocycles. The van der Waals surface area contributed by atoms with Crippen LogP contribution in [0.1, 0.15) is 26.7 Å². The van der Waals surface area contributed by atoms with Crippen molar-refractivity contribution in [1.29, 1.82) is 0 Å². The van der Waals surface area contributed by atoms with Gasteiger partial charge in [-0.25, -0.2) is 8.78 Å². The van der Waals surface area contributed by atoms with Crippen molar-refractivity contribution in [3.63, 3.8) is 0 Å². The van der Waals surface area contributed by atoms with Gasteiger partial charge in [-0.15, -0.1) is 0 Å². The van der Waals surface area contributed by atoms with Gasteiger partial charge in [0.1, 0.15) is 6.17 Å². The fraction of sp³-hybridized carbons (Fsp3) is 1.00. The molecule has 0 aliphatic rings. The van der Waals surface area contributed by atoms with Gasteiger partial charge in [0.2, 0.25) is 0 Å². The van der Waals surface area contributed by atoms with Gasteiger partial charge in [-0.3, -0.25) is 0 Å². The molecule has 11 heavy (non-hydrogen) atoms. The topological polar surface area (TPSA) is 52.0 Å². The molecule has 0 atom stereocenters. The highest BCUT2D eigenvalue weighted by Gasteiger charge is 2.41. The third-order valence-electron chi connectivity index (χ3n) is 1.97. The fourth-order valence-electron chi connectivity index (χ4n) is 1.11. The van der Waals surface area contributed by atoms with E-state index in [4.69, 9.17) is 11.5 Å². The van der Waals surface area contributed by atoms with Crippen LogP contribution in [-0.4, -0.2) is 12.1 Å². The largest absolute Gasteiger partial charge is 0.311 e.